The van der Waals surface area contributed by atoms with Gasteiger partial charge in [-0.05, 0) is 0 Å². The second-order valence-electron chi connectivity index (χ2n) is 7.63. The number of anilines is 1. The number of imidazole rings is 1. The fourth-order valence-electron chi connectivity index (χ4n) is 4.33. The number of carbonyl (C=O) groups is 1. The maximum atomic E-state index is 13.4. The molecule has 146 valence electrons. The number of hydrogen-bond acceptors (Lipinski definition) is 4. The van der Waals surface area contributed by atoms with E-state index in [4.69, 9.17) is 0 Å². The summed E-state index contributed by atoms with van der Waals surface area (Å²) in [5.41, 5.74) is 2.97. The Kier molecular flexibility index (Phi) is 5.05. The molecule has 3 heterocycles. The Labute approximate surface area is 176 Å². The van der Waals surface area contributed by atoms with E-state index in [-0.39, 0.29) is 18.5 Å². The monoisotopic (exact) mass is 494 g/mol. The summed E-state index contributed by atoms with van der Waals surface area (Å²) >= 11 is -3.26. The molecule has 0 radical (unpaired) electrons. The van der Waals surface area contributed by atoms with Crippen LogP contribution in [0.3, 0.4) is 0 Å². The molecule has 0 spiro atoms. The topological polar surface area (TPSA) is 76.0 Å². The molecule has 1 unspecified atom stereocenters. The zero-order chi connectivity index (χ0) is 19.8. The molecular formula is C22H22N4O2Sn. The van der Waals surface area contributed by atoms with E-state index in [2.05, 4.69) is 32.3 Å². The molecule has 1 aromatic heterocycles. The molecule has 0 fully saturated rings. The van der Waals surface area contributed by atoms with E-state index in [1.807, 2.05) is 42.6 Å². The van der Waals surface area contributed by atoms with E-state index < -0.39 is 19.7 Å². The number of aryl methyl sites for hydroxylation is 1. The van der Waals surface area contributed by atoms with Crippen molar-refractivity contribution in [1.29, 1.82) is 0 Å². The van der Waals surface area contributed by atoms with Gasteiger partial charge in [-0.1, -0.05) is 0 Å². The number of rotatable bonds is 0. The van der Waals surface area contributed by atoms with E-state index >= 15 is 0 Å². The number of hydrogen-bond donors (Lipinski definition) is 2. The zero-order valence-electron chi connectivity index (χ0n) is 16.0. The number of carbonyl (C=O) groups excluding carboxylic acids is 1. The van der Waals surface area contributed by atoms with Crippen LogP contribution in [0, 0.1) is 0 Å². The molecule has 6 nitrogen and oxygen atoms in total. The predicted octanol–water partition coefficient (Wildman–Crippen LogP) is 1.39. The Bertz CT molecular complexity index is 1110. The van der Waals surface area contributed by atoms with Gasteiger partial charge in [0.2, 0.25) is 0 Å². The molecule has 2 aliphatic heterocycles. The Hall–Kier alpha value is -2.32. The molecule has 29 heavy (non-hydrogen) atoms. The second kappa shape index (κ2) is 7.83. The minimum atomic E-state index is -3.26. The first-order chi connectivity index (χ1) is 14.2. The van der Waals surface area contributed by atoms with E-state index in [9.17, 15) is 7.87 Å². The van der Waals surface area contributed by atoms with E-state index in [0.717, 1.165) is 37.9 Å². The Morgan fingerprint density at radius 3 is 2.79 bits per heavy atom. The first-order valence-electron chi connectivity index (χ1n) is 9.99. The molecule has 1 amide bonds. The molecule has 7 heteroatoms. The van der Waals surface area contributed by atoms with E-state index in [0.29, 0.717) is 12.2 Å². The van der Waals surface area contributed by atoms with Gasteiger partial charge in [-0.15, -0.1) is 0 Å². The zero-order valence-corrected chi connectivity index (χ0v) is 18.9. The average Bonchev–Trinajstić information content (AvgIpc) is 3.16. The van der Waals surface area contributed by atoms with Gasteiger partial charge >= 0.3 is 177 Å². The number of nitrogens with one attached hydrogen (secondary N) is 2. The minimum absolute atomic E-state index is 0.108. The van der Waals surface area contributed by atoms with Gasteiger partial charge in [0.05, 0.1) is 0 Å². The summed E-state index contributed by atoms with van der Waals surface area (Å²) in [5, 5.41) is 6.15. The third-order valence-electron chi connectivity index (χ3n) is 5.67. The van der Waals surface area contributed by atoms with Crippen molar-refractivity contribution in [3.05, 3.63) is 71.8 Å². The maximum absolute atomic E-state index is 13.4. The van der Waals surface area contributed by atoms with Crippen molar-refractivity contribution >= 4 is 38.5 Å². The molecular weight excluding hydrogens is 471 g/mol. The molecule has 0 saturated carbocycles. The van der Waals surface area contributed by atoms with E-state index in [1.54, 1.807) is 0 Å². The van der Waals surface area contributed by atoms with Gasteiger partial charge in [-0.25, -0.2) is 0 Å². The average molecular weight is 493 g/mol. The molecule has 3 aromatic rings. The van der Waals surface area contributed by atoms with Crippen molar-refractivity contribution in [1.82, 2.24) is 14.9 Å². The van der Waals surface area contributed by atoms with Crippen LogP contribution in [0.2, 0.25) is 0 Å². The van der Waals surface area contributed by atoms with Crippen LogP contribution in [-0.4, -0.2) is 41.7 Å². The molecule has 2 aromatic carbocycles. The van der Waals surface area contributed by atoms with Crippen LogP contribution in [0.1, 0.15) is 36.0 Å². The number of aromatic nitrogens is 2. The molecule has 0 saturated heterocycles. The number of fused-ring (bicyclic) bond motifs is 5. The Morgan fingerprint density at radius 2 is 1.90 bits per heavy atom. The number of benzene rings is 2. The normalized spacial score (nSPS) is 19.0. The van der Waals surface area contributed by atoms with Gasteiger partial charge in [0.25, 0.3) is 0 Å². The summed E-state index contributed by atoms with van der Waals surface area (Å²) in [6.07, 6.45) is 5.00. The molecule has 4 bridgehead atoms. The summed E-state index contributed by atoms with van der Waals surface area (Å²) in [5.74, 6) is 0.980. The first kappa shape index (κ1) is 18.7. The molecule has 1 atom stereocenters. The van der Waals surface area contributed by atoms with Gasteiger partial charge in [0, 0.05) is 0 Å². The number of amides is 1. The second-order valence-corrected chi connectivity index (χ2v) is 12.8. The van der Waals surface area contributed by atoms with Crippen LogP contribution < -0.4 is 17.8 Å². The van der Waals surface area contributed by atoms with Gasteiger partial charge < -0.3 is 0 Å². The van der Waals surface area contributed by atoms with Crippen LogP contribution in [0.4, 0.5) is 5.69 Å². The third-order valence-corrected chi connectivity index (χ3v) is 10.4. The summed E-state index contributed by atoms with van der Waals surface area (Å²) in [6, 6.07) is 15.9. The van der Waals surface area contributed by atoms with Crippen molar-refractivity contribution in [2.24, 2.45) is 0 Å². The van der Waals surface area contributed by atoms with Crippen LogP contribution >= 0.6 is 0 Å². The summed E-state index contributed by atoms with van der Waals surface area (Å²) in [7, 11) is 0. The Morgan fingerprint density at radius 1 is 1.07 bits per heavy atom. The van der Waals surface area contributed by atoms with Gasteiger partial charge in [0.1, 0.15) is 0 Å². The summed E-state index contributed by atoms with van der Waals surface area (Å²) in [4.78, 5) is 17.0. The quantitative estimate of drug-likeness (QED) is 0.465. The standard InChI is InChI=1S/C22H22N4O.O.Sn/c27-22(25-18-10-5-2-6-11-18)16-23-14-19-15-24-21-13-7-12-20(26(19)21)17-8-3-1-4-9-17;;/h1-3,5,8-11,15,20,23H,7,12-14,16H2,(H,25,27);;. The van der Waals surface area contributed by atoms with Crippen molar-refractivity contribution < 1.29 is 7.87 Å². The fourth-order valence-corrected chi connectivity index (χ4v) is 8.37. The fraction of sp³-hybridized carbons (Fsp3) is 0.273. The van der Waals surface area contributed by atoms with Crippen molar-refractivity contribution in [2.45, 2.75) is 31.8 Å². The van der Waals surface area contributed by atoms with Gasteiger partial charge in [-0.3, -0.25) is 0 Å². The van der Waals surface area contributed by atoms with E-state index in [1.165, 1.54) is 5.56 Å². The van der Waals surface area contributed by atoms with Crippen LogP contribution in [0.25, 0.3) is 0 Å². The third kappa shape index (κ3) is 3.66. The molecule has 0 aliphatic carbocycles. The SMILES string of the molecule is O=C1CNCc2cnc3n2C(CCC3)c2ccc[c](c2)[Sn](=[O])[c]2cccc(c2)N1. The number of nitrogens with zero attached hydrogens (tertiary/aromatic N) is 2. The molecule has 2 N–H and O–H groups in total. The van der Waals surface area contributed by atoms with Gasteiger partial charge in [0.15, 0.2) is 0 Å². The first-order valence-corrected chi connectivity index (χ1v) is 14.0. The molecule has 2 aliphatic rings. The van der Waals surface area contributed by atoms with Gasteiger partial charge in [-0.2, -0.15) is 0 Å². The van der Waals surface area contributed by atoms with Crippen molar-refractivity contribution in [2.75, 3.05) is 11.9 Å². The van der Waals surface area contributed by atoms with Crippen LogP contribution in [0.5, 0.6) is 0 Å². The van der Waals surface area contributed by atoms with Crippen molar-refractivity contribution in [3.63, 3.8) is 0 Å². The summed E-state index contributed by atoms with van der Waals surface area (Å²) < 4.78 is 17.5. The molecule has 5 rings (SSSR count). The summed E-state index contributed by atoms with van der Waals surface area (Å²) in [6.45, 7) is 0.797. The van der Waals surface area contributed by atoms with Crippen molar-refractivity contribution in [3.8, 4) is 0 Å². The van der Waals surface area contributed by atoms with Crippen LogP contribution in [-0.2, 0) is 20.8 Å². The van der Waals surface area contributed by atoms with Crippen LogP contribution in [0.15, 0.2) is 54.7 Å². The Balaban J connectivity index is 1.62. The predicted molar refractivity (Wildman–Crippen MR) is 112 cm³/mol.